The van der Waals surface area contributed by atoms with Gasteiger partial charge in [-0.1, -0.05) is 6.07 Å². The summed E-state index contributed by atoms with van der Waals surface area (Å²) in [6.07, 6.45) is 0. The van der Waals surface area contributed by atoms with Crippen molar-refractivity contribution < 1.29 is 14.0 Å². The maximum Gasteiger partial charge on any atom is 0.231 e. The number of nitrogens with zero attached hydrogens (tertiary/aromatic N) is 1. The molecule has 1 fully saturated rings. The molecule has 3 rings (SSSR count). The Labute approximate surface area is 161 Å². The zero-order valence-electron chi connectivity index (χ0n) is 14.9. The summed E-state index contributed by atoms with van der Waals surface area (Å²) >= 11 is 0.153. The summed E-state index contributed by atoms with van der Waals surface area (Å²) < 4.78 is 27.1. The van der Waals surface area contributed by atoms with E-state index in [1.807, 2.05) is 31.2 Å². The predicted octanol–water partition coefficient (Wildman–Crippen LogP) is 2.60. The predicted molar refractivity (Wildman–Crippen MR) is 107 cm³/mol. The summed E-state index contributed by atoms with van der Waals surface area (Å²) in [6.45, 7) is 7.72. The van der Waals surface area contributed by atoms with E-state index in [0.717, 1.165) is 41.2 Å². The van der Waals surface area contributed by atoms with E-state index < -0.39 is 11.4 Å². The highest BCUT2D eigenvalue weighted by molar-refractivity contribution is 7.91. The second kappa shape index (κ2) is 10.1. The van der Waals surface area contributed by atoms with Crippen LogP contribution in [0.2, 0.25) is 0 Å². The fraction of sp³-hybridized carbons (Fsp3) is 0.444. The zero-order chi connectivity index (χ0) is 18.2. The zero-order valence-corrected chi connectivity index (χ0v) is 16.5. The quantitative estimate of drug-likeness (QED) is 0.502. The summed E-state index contributed by atoms with van der Waals surface area (Å²) in [4.78, 5) is 2.35. The maximum atomic E-state index is 12.2. The van der Waals surface area contributed by atoms with Gasteiger partial charge in [0, 0.05) is 50.6 Å². The van der Waals surface area contributed by atoms with Crippen molar-refractivity contribution in [2.75, 3.05) is 50.8 Å². The summed E-state index contributed by atoms with van der Waals surface area (Å²) in [5.74, 6) is 0.796. The number of thiophene rings is 1. The molecule has 1 saturated heterocycles. The van der Waals surface area contributed by atoms with E-state index >= 15 is 0 Å². The van der Waals surface area contributed by atoms with E-state index in [9.17, 15) is 4.55 Å². The van der Waals surface area contributed by atoms with Crippen molar-refractivity contribution >= 4 is 28.4 Å². The van der Waals surface area contributed by atoms with Gasteiger partial charge >= 0.3 is 0 Å². The van der Waals surface area contributed by atoms with Gasteiger partial charge in [-0.25, -0.2) is 0 Å². The third kappa shape index (κ3) is 5.60. The van der Waals surface area contributed by atoms with Crippen LogP contribution < -0.4 is 19.7 Å². The summed E-state index contributed by atoms with van der Waals surface area (Å²) in [6, 6.07) is 11.8. The van der Waals surface area contributed by atoms with Gasteiger partial charge in [-0.3, -0.25) is 0 Å². The molecule has 26 heavy (non-hydrogen) atoms. The number of rotatable bonds is 9. The van der Waals surface area contributed by atoms with E-state index in [4.69, 9.17) is 9.47 Å². The standard InChI is InChI=1S/C18H25N3O3S2/c1-2-23-13-10-20-26(22)18-7-6-17(25-18)24-16-5-3-4-15(14-16)21-11-8-19-9-12-21/h3-7,14,19-20H,2,8-13H2,1H3. The van der Waals surface area contributed by atoms with Crippen LogP contribution in [0.5, 0.6) is 10.8 Å². The fourth-order valence-corrected chi connectivity index (χ4v) is 4.60. The molecule has 0 bridgehead atoms. The molecule has 142 valence electrons. The highest BCUT2D eigenvalue weighted by Gasteiger charge is 2.16. The van der Waals surface area contributed by atoms with Crippen molar-refractivity contribution in [2.45, 2.75) is 11.1 Å². The Balaban J connectivity index is 1.56. The van der Waals surface area contributed by atoms with Crippen molar-refractivity contribution in [2.24, 2.45) is 0 Å². The number of hydrogen-bond acceptors (Lipinski definition) is 7. The molecule has 1 aromatic carbocycles. The van der Waals surface area contributed by atoms with Gasteiger partial charge in [0.25, 0.3) is 0 Å². The number of piperazine rings is 1. The fourth-order valence-electron chi connectivity index (χ4n) is 2.66. The van der Waals surface area contributed by atoms with E-state index in [2.05, 4.69) is 27.1 Å². The molecule has 0 radical (unpaired) electrons. The molecular formula is C18H25N3O3S2. The molecule has 1 aliphatic heterocycles. The first-order chi connectivity index (χ1) is 12.8. The molecule has 1 atom stereocenters. The van der Waals surface area contributed by atoms with Crippen LogP contribution in [0.15, 0.2) is 40.6 Å². The van der Waals surface area contributed by atoms with Crippen molar-refractivity contribution in [1.29, 1.82) is 0 Å². The maximum absolute atomic E-state index is 12.2. The number of hydrogen-bond donors (Lipinski definition) is 2. The Hall–Kier alpha value is -1.29. The van der Waals surface area contributed by atoms with Gasteiger partial charge in [-0.05, 0) is 36.5 Å². The molecule has 1 unspecified atom stereocenters. The van der Waals surface area contributed by atoms with Crippen molar-refractivity contribution in [3.05, 3.63) is 36.4 Å². The van der Waals surface area contributed by atoms with Crippen molar-refractivity contribution in [3.8, 4) is 10.8 Å². The molecule has 0 aliphatic carbocycles. The first-order valence-corrected chi connectivity index (χ1v) is 10.8. The van der Waals surface area contributed by atoms with Gasteiger partial charge in [0.15, 0.2) is 5.06 Å². The average Bonchev–Trinajstić information content (AvgIpc) is 3.15. The molecule has 0 saturated carbocycles. The van der Waals surface area contributed by atoms with Gasteiger partial charge in [-0.15, -0.1) is 4.72 Å². The normalized spacial score (nSPS) is 15.8. The van der Waals surface area contributed by atoms with E-state index in [1.165, 1.54) is 17.0 Å². The van der Waals surface area contributed by atoms with Gasteiger partial charge in [0.1, 0.15) is 5.75 Å². The average molecular weight is 396 g/mol. The monoisotopic (exact) mass is 395 g/mol. The van der Waals surface area contributed by atoms with E-state index in [0.29, 0.717) is 19.8 Å². The minimum Gasteiger partial charge on any atom is -0.592 e. The Kier molecular flexibility index (Phi) is 7.60. The number of anilines is 1. The molecule has 2 aromatic rings. The largest absolute Gasteiger partial charge is 0.592 e. The minimum absolute atomic E-state index is 0.551. The molecular weight excluding hydrogens is 370 g/mol. The molecule has 8 heteroatoms. The molecule has 0 amide bonds. The third-order valence-corrected chi connectivity index (χ3v) is 6.37. The second-order valence-electron chi connectivity index (χ2n) is 5.77. The van der Waals surface area contributed by atoms with Crippen LogP contribution in [-0.4, -0.2) is 50.5 Å². The molecule has 0 spiro atoms. The molecule has 1 aliphatic rings. The number of benzene rings is 1. The molecule has 6 nitrogen and oxygen atoms in total. The Morgan fingerprint density at radius 2 is 2.12 bits per heavy atom. The van der Waals surface area contributed by atoms with Gasteiger partial charge < -0.3 is 24.2 Å². The smallest absolute Gasteiger partial charge is 0.231 e. The Bertz CT molecular complexity index is 677. The van der Waals surface area contributed by atoms with Crippen LogP contribution >= 0.6 is 11.3 Å². The lowest BCUT2D eigenvalue weighted by Gasteiger charge is -2.29. The molecule has 2 heterocycles. The number of nitrogens with one attached hydrogen (secondary N) is 2. The van der Waals surface area contributed by atoms with Crippen molar-refractivity contribution in [1.82, 2.24) is 10.0 Å². The van der Waals surface area contributed by atoms with Crippen LogP contribution in [0.25, 0.3) is 0 Å². The number of ether oxygens (including phenoxy) is 2. The summed E-state index contributed by atoms with van der Waals surface area (Å²) in [5.41, 5.74) is 1.17. The van der Waals surface area contributed by atoms with Gasteiger partial charge in [0.2, 0.25) is 4.21 Å². The van der Waals surface area contributed by atoms with E-state index in [1.54, 1.807) is 0 Å². The third-order valence-electron chi connectivity index (χ3n) is 3.94. The van der Waals surface area contributed by atoms with Crippen LogP contribution in [0.4, 0.5) is 5.69 Å². The van der Waals surface area contributed by atoms with Gasteiger partial charge in [0.05, 0.1) is 24.5 Å². The molecule has 2 N–H and O–H groups in total. The van der Waals surface area contributed by atoms with Crippen LogP contribution in [0.1, 0.15) is 6.92 Å². The van der Waals surface area contributed by atoms with Gasteiger partial charge in [-0.2, -0.15) is 0 Å². The molecule has 1 aromatic heterocycles. The van der Waals surface area contributed by atoms with Crippen molar-refractivity contribution in [3.63, 3.8) is 0 Å². The highest BCUT2D eigenvalue weighted by Crippen LogP contribution is 2.33. The summed E-state index contributed by atoms with van der Waals surface area (Å²) in [5, 5.41) is 4.09. The second-order valence-corrected chi connectivity index (χ2v) is 8.34. The van der Waals surface area contributed by atoms with Crippen LogP contribution in [0.3, 0.4) is 0 Å². The minimum atomic E-state index is -1.24. The van der Waals surface area contributed by atoms with Crippen LogP contribution in [-0.2, 0) is 16.1 Å². The van der Waals surface area contributed by atoms with Crippen LogP contribution in [0, 0.1) is 0 Å². The topological polar surface area (TPSA) is 68.8 Å². The lowest BCUT2D eigenvalue weighted by molar-refractivity contribution is 0.153. The SMILES string of the molecule is CCOCCN[S+]([O-])c1ccc(Oc2cccc(N3CCNCC3)c2)s1. The highest BCUT2D eigenvalue weighted by atomic mass is 32.2. The summed E-state index contributed by atoms with van der Waals surface area (Å²) in [7, 11) is 0. The first kappa shape index (κ1) is 19.5. The Morgan fingerprint density at radius 1 is 1.27 bits per heavy atom. The van der Waals surface area contributed by atoms with E-state index in [-0.39, 0.29) is 0 Å². The lowest BCUT2D eigenvalue weighted by atomic mass is 10.2. The lowest BCUT2D eigenvalue weighted by Crippen LogP contribution is -2.43. The Morgan fingerprint density at radius 3 is 2.92 bits per heavy atom. The first-order valence-electron chi connectivity index (χ1n) is 8.82.